The molecule has 0 saturated carbocycles. The van der Waals surface area contributed by atoms with Gasteiger partial charge in [0.15, 0.2) is 0 Å². The largest absolute Gasteiger partial charge is 0.313 e. The van der Waals surface area contributed by atoms with Crippen molar-refractivity contribution in [3.63, 3.8) is 0 Å². The maximum atomic E-state index is 4.35. The summed E-state index contributed by atoms with van der Waals surface area (Å²) in [6.07, 6.45) is 7.64. The van der Waals surface area contributed by atoms with Crippen molar-refractivity contribution < 1.29 is 0 Å². The zero-order valence-corrected chi connectivity index (χ0v) is 9.90. The van der Waals surface area contributed by atoms with Crippen LogP contribution in [0.5, 0.6) is 0 Å². The van der Waals surface area contributed by atoms with Crippen LogP contribution < -0.4 is 5.32 Å². The second-order valence-electron chi connectivity index (χ2n) is 3.89. The van der Waals surface area contributed by atoms with Crippen molar-refractivity contribution in [2.75, 3.05) is 6.54 Å². The number of rotatable bonds is 6. The molecule has 15 heavy (non-hydrogen) atoms. The van der Waals surface area contributed by atoms with E-state index in [1.54, 1.807) is 12.4 Å². The van der Waals surface area contributed by atoms with Crippen LogP contribution in [-0.4, -0.2) is 22.6 Å². The number of hydrogen-bond donors (Lipinski definition) is 1. The van der Waals surface area contributed by atoms with E-state index in [0.29, 0.717) is 12.0 Å². The number of nitrogens with one attached hydrogen (secondary N) is 1. The van der Waals surface area contributed by atoms with Gasteiger partial charge in [-0.25, -0.2) is 0 Å². The highest BCUT2D eigenvalue weighted by molar-refractivity contribution is 5.05. The van der Waals surface area contributed by atoms with Gasteiger partial charge in [0.25, 0.3) is 0 Å². The van der Waals surface area contributed by atoms with Gasteiger partial charge in [-0.15, -0.1) is 0 Å². The minimum absolute atomic E-state index is 0.426. The molecule has 3 heteroatoms. The summed E-state index contributed by atoms with van der Waals surface area (Å²) in [5.74, 6) is 0.426. The fraction of sp³-hybridized carbons (Fsp3) is 0.667. The second kappa shape index (κ2) is 6.51. The lowest BCUT2D eigenvalue weighted by Crippen LogP contribution is -2.34. The van der Waals surface area contributed by atoms with Crippen molar-refractivity contribution in [1.82, 2.24) is 15.3 Å². The smallest absolute Gasteiger partial charge is 0.0630 e. The van der Waals surface area contributed by atoms with E-state index in [4.69, 9.17) is 0 Å². The molecule has 1 N–H and O–H groups in total. The Morgan fingerprint density at radius 1 is 1.33 bits per heavy atom. The molecule has 1 aromatic rings. The van der Waals surface area contributed by atoms with Gasteiger partial charge < -0.3 is 5.32 Å². The van der Waals surface area contributed by atoms with Crippen LogP contribution >= 0.6 is 0 Å². The molecule has 2 unspecified atom stereocenters. The van der Waals surface area contributed by atoms with Crippen LogP contribution in [0.15, 0.2) is 18.6 Å². The van der Waals surface area contributed by atoms with E-state index in [0.717, 1.165) is 18.7 Å². The second-order valence-corrected chi connectivity index (χ2v) is 3.89. The first-order chi connectivity index (χ1) is 7.29. The Labute approximate surface area is 92.3 Å². The fourth-order valence-electron chi connectivity index (χ4n) is 1.76. The molecule has 0 bridgehead atoms. The van der Waals surface area contributed by atoms with Crippen LogP contribution in [0.4, 0.5) is 0 Å². The van der Waals surface area contributed by atoms with Crippen molar-refractivity contribution in [1.29, 1.82) is 0 Å². The first-order valence-corrected chi connectivity index (χ1v) is 5.78. The van der Waals surface area contributed by atoms with Crippen LogP contribution in [0.2, 0.25) is 0 Å². The summed E-state index contributed by atoms with van der Waals surface area (Å²) in [6, 6.07) is 0.502. The molecule has 84 valence electrons. The Morgan fingerprint density at radius 2 is 2.13 bits per heavy atom. The maximum absolute atomic E-state index is 4.35. The molecule has 2 atom stereocenters. The van der Waals surface area contributed by atoms with Crippen LogP contribution in [0.1, 0.15) is 45.2 Å². The summed E-state index contributed by atoms with van der Waals surface area (Å²) in [5, 5.41) is 3.55. The molecule has 0 aliphatic rings. The van der Waals surface area contributed by atoms with E-state index >= 15 is 0 Å². The molecule has 1 aromatic heterocycles. The van der Waals surface area contributed by atoms with Gasteiger partial charge in [-0.2, -0.15) is 0 Å². The quantitative estimate of drug-likeness (QED) is 0.778. The molecule has 1 rings (SSSR count). The third kappa shape index (κ3) is 3.59. The summed E-state index contributed by atoms with van der Waals surface area (Å²) >= 11 is 0. The van der Waals surface area contributed by atoms with E-state index in [1.165, 1.54) is 6.42 Å². The number of hydrogen-bond acceptors (Lipinski definition) is 3. The van der Waals surface area contributed by atoms with Gasteiger partial charge in [-0.3, -0.25) is 9.97 Å². The van der Waals surface area contributed by atoms with Crippen molar-refractivity contribution in [3.05, 3.63) is 24.3 Å². The first kappa shape index (κ1) is 12.1. The lowest BCUT2D eigenvalue weighted by Gasteiger charge is -2.23. The van der Waals surface area contributed by atoms with Gasteiger partial charge in [-0.1, -0.05) is 20.8 Å². The highest BCUT2D eigenvalue weighted by atomic mass is 14.9. The Hall–Kier alpha value is -0.960. The van der Waals surface area contributed by atoms with Crippen molar-refractivity contribution in [2.24, 2.45) is 0 Å². The zero-order chi connectivity index (χ0) is 11.1. The minimum Gasteiger partial charge on any atom is -0.313 e. The summed E-state index contributed by atoms with van der Waals surface area (Å²) < 4.78 is 0. The van der Waals surface area contributed by atoms with Gasteiger partial charge in [0.2, 0.25) is 0 Å². The molecule has 0 amide bonds. The fourth-order valence-corrected chi connectivity index (χ4v) is 1.76. The highest BCUT2D eigenvalue weighted by Crippen LogP contribution is 2.17. The van der Waals surface area contributed by atoms with Crippen molar-refractivity contribution >= 4 is 0 Å². The molecular formula is C12H21N3. The molecule has 0 aliphatic carbocycles. The first-order valence-electron chi connectivity index (χ1n) is 5.78. The van der Waals surface area contributed by atoms with Gasteiger partial charge in [0.05, 0.1) is 5.69 Å². The van der Waals surface area contributed by atoms with Gasteiger partial charge in [0.1, 0.15) is 0 Å². The lowest BCUT2D eigenvalue weighted by molar-refractivity contribution is 0.432. The molecule has 0 aromatic carbocycles. The molecule has 0 radical (unpaired) electrons. The Kier molecular flexibility index (Phi) is 5.26. The van der Waals surface area contributed by atoms with E-state index in [1.807, 2.05) is 6.20 Å². The minimum atomic E-state index is 0.426. The average molecular weight is 207 g/mol. The molecule has 0 spiro atoms. The van der Waals surface area contributed by atoms with E-state index in [9.17, 15) is 0 Å². The molecule has 1 heterocycles. The lowest BCUT2D eigenvalue weighted by atomic mass is 9.96. The molecule has 0 saturated heterocycles. The van der Waals surface area contributed by atoms with Gasteiger partial charge in [-0.05, 0) is 19.4 Å². The molecule has 0 fully saturated rings. The van der Waals surface area contributed by atoms with E-state index in [-0.39, 0.29) is 0 Å². The Bertz CT molecular complexity index is 261. The van der Waals surface area contributed by atoms with Crippen molar-refractivity contribution in [2.45, 2.75) is 45.6 Å². The normalized spacial score (nSPS) is 14.9. The Morgan fingerprint density at radius 3 is 2.67 bits per heavy atom. The third-order valence-electron chi connectivity index (χ3n) is 2.75. The summed E-state index contributed by atoms with van der Waals surface area (Å²) in [6.45, 7) is 7.68. The van der Waals surface area contributed by atoms with Crippen LogP contribution in [0, 0.1) is 0 Å². The van der Waals surface area contributed by atoms with Crippen LogP contribution in [0.3, 0.4) is 0 Å². The summed E-state index contributed by atoms with van der Waals surface area (Å²) in [7, 11) is 0. The summed E-state index contributed by atoms with van der Waals surface area (Å²) in [5.41, 5.74) is 1.08. The van der Waals surface area contributed by atoms with Crippen molar-refractivity contribution in [3.8, 4) is 0 Å². The SMILES string of the molecule is CCCNC(CC)C(C)c1cnccn1. The van der Waals surface area contributed by atoms with Crippen LogP contribution in [-0.2, 0) is 0 Å². The van der Waals surface area contributed by atoms with E-state index in [2.05, 4.69) is 36.1 Å². The zero-order valence-electron chi connectivity index (χ0n) is 9.90. The standard InChI is InChI=1S/C12H21N3/c1-4-6-14-11(5-2)10(3)12-9-13-7-8-15-12/h7-11,14H,4-6H2,1-3H3. The predicted octanol–water partition coefficient (Wildman–Crippen LogP) is 2.36. The molecular weight excluding hydrogens is 186 g/mol. The number of nitrogens with zero attached hydrogens (tertiary/aromatic N) is 2. The Balaban J connectivity index is 2.60. The topological polar surface area (TPSA) is 37.8 Å². The monoisotopic (exact) mass is 207 g/mol. The summed E-state index contributed by atoms with van der Waals surface area (Å²) in [4.78, 5) is 8.47. The van der Waals surface area contributed by atoms with Gasteiger partial charge >= 0.3 is 0 Å². The molecule has 3 nitrogen and oxygen atoms in total. The van der Waals surface area contributed by atoms with E-state index < -0.39 is 0 Å². The maximum Gasteiger partial charge on any atom is 0.0630 e. The van der Waals surface area contributed by atoms with Crippen LogP contribution in [0.25, 0.3) is 0 Å². The predicted molar refractivity (Wildman–Crippen MR) is 62.8 cm³/mol. The molecule has 0 aliphatic heterocycles. The van der Waals surface area contributed by atoms with Gasteiger partial charge in [0, 0.05) is 30.6 Å². The third-order valence-corrected chi connectivity index (χ3v) is 2.75. The average Bonchev–Trinajstić information content (AvgIpc) is 2.31. The highest BCUT2D eigenvalue weighted by Gasteiger charge is 2.17. The number of aromatic nitrogens is 2.